The summed E-state index contributed by atoms with van der Waals surface area (Å²) in [7, 11) is 0. The first-order valence-electron chi connectivity index (χ1n) is 5.71. The van der Waals surface area contributed by atoms with Crippen molar-refractivity contribution in [1.82, 2.24) is 0 Å². The van der Waals surface area contributed by atoms with E-state index in [1.165, 1.54) is 6.07 Å². The SMILES string of the molecule is CC(C)(C)CCNc1ccc(N)cc1C(F)F. The number of hydrogen-bond acceptors (Lipinski definition) is 2. The minimum Gasteiger partial charge on any atom is -0.399 e. The Bertz CT molecular complexity index is 370. The summed E-state index contributed by atoms with van der Waals surface area (Å²) in [4.78, 5) is 0. The molecule has 0 amide bonds. The van der Waals surface area contributed by atoms with Crippen LogP contribution in [0.2, 0.25) is 0 Å². The predicted octanol–water partition coefficient (Wildman–Crippen LogP) is 4.05. The molecule has 0 saturated carbocycles. The minimum absolute atomic E-state index is 0.0288. The zero-order valence-electron chi connectivity index (χ0n) is 10.6. The largest absolute Gasteiger partial charge is 0.399 e. The van der Waals surface area contributed by atoms with Gasteiger partial charge in [0, 0.05) is 23.5 Å². The summed E-state index contributed by atoms with van der Waals surface area (Å²) >= 11 is 0. The quantitative estimate of drug-likeness (QED) is 0.781. The Morgan fingerprint density at radius 2 is 1.94 bits per heavy atom. The number of rotatable bonds is 4. The molecule has 2 nitrogen and oxygen atoms in total. The first-order valence-corrected chi connectivity index (χ1v) is 5.71. The first-order chi connectivity index (χ1) is 7.79. The summed E-state index contributed by atoms with van der Waals surface area (Å²) in [5, 5.41) is 3.04. The van der Waals surface area contributed by atoms with Crippen LogP contribution in [0.25, 0.3) is 0 Å². The van der Waals surface area contributed by atoms with E-state index in [-0.39, 0.29) is 11.0 Å². The number of nitrogen functional groups attached to an aromatic ring is 1. The number of nitrogens with one attached hydrogen (secondary N) is 1. The topological polar surface area (TPSA) is 38.0 Å². The van der Waals surface area contributed by atoms with E-state index >= 15 is 0 Å². The second-order valence-electron chi connectivity index (χ2n) is 5.38. The number of hydrogen-bond donors (Lipinski definition) is 2. The normalized spacial score (nSPS) is 11.9. The second-order valence-corrected chi connectivity index (χ2v) is 5.38. The standard InChI is InChI=1S/C13H20F2N2/c1-13(2,3)6-7-17-11-5-4-9(16)8-10(11)12(14)15/h4-5,8,12,17H,6-7,16H2,1-3H3. The van der Waals surface area contributed by atoms with E-state index in [2.05, 4.69) is 26.1 Å². The van der Waals surface area contributed by atoms with Crippen molar-refractivity contribution in [2.45, 2.75) is 33.6 Å². The Kier molecular flexibility index (Phi) is 4.32. The predicted molar refractivity (Wildman–Crippen MR) is 68.4 cm³/mol. The Labute approximate surface area is 101 Å². The van der Waals surface area contributed by atoms with E-state index in [4.69, 9.17) is 5.73 Å². The molecule has 96 valence electrons. The molecule has 0 aromatic heterocycles. The zero-order chi connectivity index (χ0) is 13.1. The lowest BCUT2D eigenvalue weighted by Gasteiger charge is -2.19. The van der Waals surface area contributed by atoms with E-state index in [9.17, 15) is 8.78 Å². The van der Waals surface area contributed by atoms with Crippen LogP contribution >= 0.6 is 0 Å². The smallest absolute Gasteiger partial charge is 0.265 e. The van der Waals surface area contributed by atoms with E-state index in [0.29, 0.717) is 17.9 Å². The summed E-state index contributed by atoms with van der Waals surface area (Å²) in [6, 6.07) is 4.56. The molecule has 0 heterocycles. The Morgan fingerprint density at radius 1 is 1.29 bits per heavy atom. The van der Waals surface area contributed by atoms with Crippen LogP contribution in [0.3, 0.4) is 0 Å². The minimum atomic E-state index is -2.50. The number of anilines is 2. The molecular weight excluding hydrogens is 222 g/mol. The van der Waals surface area contributed by atoms with E-state index in [1.54, 1.807) is 12.1 Å². The molecule has 17 heavy (non-hydrogen) atoms. The molecule has 0 unspecified atom stereocenters. The van der Waals surface area contributed by atoms with Gasteiger partial charge < -0.3 is 11.1 Å². The fraction of sp³-hybridized carbons (Fsp3) is 0.538. The van der Waals surface area contributed by atoms with Gasteiger partial charge in [0.05, 0.1) is 0 Å². The van der Waals surface area contributed by atoms with Gasteiger partial charge >= 0.3 is 0 Å². The third-order valence-electron chi connectivity index (χ3n) is 2.50. The molecule has 4 heteroatoms. The van der Waals surface area contributed by atoms with Crippen molar-refractivity contribution in [1.29, 1.82) is 0 Å². The molecular formula is C13H20F2N2. The van der Waals surface area contributed by atoms with Crippen molar-refractivity contribution in [2.24, 2.45) is 5.41 Å². The molecule has 1 aromatic rings. The maximum absolute atomic E-state index is 12.8. The molecule has 0 aliphatic carbocycles. The highest BCUT2D eigenvalue weighted by atomic mass is 19.3. The Balaban J connectivity index is 2.70. The van der Waals surface area contributed by atoms with Crippen LogP contribution in [0, 0.1) is 5.41 Å². The van der Waals surface area contributed by atoms with Crippen molar-refractivity contribution in [3.05, 3.63) is 23.8 Å². The van der Waals surface area contributed by atoms with Crippen LogP contribution in [-0.4, -0.2) is 6.54 Å². The first kappa shape index (κ1) is 13.7. The third kappa shape index (κ3) is 4.59. The number of benzene rings is 1. The van der Waals surface area contributed by atoms with Crippen LogP contribution in [-0.2, 0) is 0 Å². The Hall–Kier alpha value is -1.32. The molecule has 0 spiro atoms. The van der Waals surface area contributed by atoms with Crippen LogP contribution in [0.5, 0.6) is 0 Å². The summed E-state index contributed by atoms with van der Waals surface area (Å²) in [6.07, 6.45) is -1.59. The number of alkyl halides is 2. The second kappa shape index (κ2) is 5.34. The lowest BCUT2D eigenvalue weighted by Crippen LogP contribution is -2.13. The summed E-state index contributed by atoms with van der Waals surface area (Å²) < 4.78 is 25.5. The lowest BCUT2D eigenvalue weighted by atomic mass is 9.92. The average molecular weight is 242 g/mol. The van der Waals surface area contributed by atoms with Gasteiger partial charge in [-0.25, -0.2) is 8.78 Å². The van der Waals surface area contributed by atoms with Crippen molar-refractivity contribution in [3.8, 4) is 0 Å². The molecule has 3 N–H and O–H groups in total. The molecule has 0 bridgehead atoms. The molecule has 1 aromatic carbocycles. The van der Waals surface area contributed by atoms with Gasteiger partial charge in [-0.05, 0) is 30.0 Å². The van der Waals surface area contributed by atoms with Crippen LogP contribution in [0.4, 0.5) is 20.2 Å². The summed E-state index contributed by atoms with van der Waals surface area (Å²) in [5.41, 5.74) is 6.49. The number of halogens is 2. The summed E-state index contributed by atoms with van der Waals surface area (Å²) in [6.45, 7) is 7.02. The highest BCUT2D eigenvalue weighted by molar-refractivity contribution is 5.58. The maximum Gasteiger partial charge on any atom is 0.265 e. The van der Waals surface area contributed by atoms with Gasteiger partial charge in [0.1, 0.15) is 0 Å². The Morgan fingerprint density at radius 3 is 2.47 bits per heavy atom. The van der Waals surface area contributed by atoms with Gasteiger partial charge in [-0.2, -0.15) is 0 Å². The van der Waals surface area contributed by atoms with Gasteiger partial charge in [-0.15, -0.1) is 0 Å². The van der Waals surface area contributed by atoms with Crippen molar-refractivity contribution in [2.75, 3.05) is 17.6 Å². The molecule has 0 aliphatic heterocycles. The van der Waals surface area contributed by atoms with E-state index in [0.717, 1.165) is 6.42 Å². The average Bonchev–Trinajstić information content (AvgIpc) is 2.18. The maximum atomic E-state index is 12.8. The van der Waals surface area contributed by atoms with Crippen LogP contribution in [0.15, 0.2) is 18.2 Å². The fourth-order valence-corrected chi connectivity index (χ4v) is 1.49. The molecule has 0 atom stereocenters. The van der Waals surface area contributed by atoms with E-state index < -0.39 is 6.43 Å². The fourth-order valence-electron chi connectivity index (χ4n) is 1.49. The molecule has 0 fully saturated rings. The molecule has 1 rings (SSSR count). The molecule has 0 aliphatic rings. The highest BCUT2D eigenvalue weighted by Gasteiger charge is 2.14. The highest BCUT2D eigenvalue weighted by Crippen LogP contribution is 2.29. The van der Waals surface area contributed by atoms with Gasteiger partial charge in [0.25, 0.3) is 6.43 Å². The van der Waals surface area contributed by atoms with E-state index in [1.807, 2.05) is 0 Å². The van der Waals surface area contributed by atoms with Crippen LogP contribution in [0.1, 0.15) is 39.2 Å². The summed E-state index contributed by atoms with van der Waals surface area (Å²) in [5.74, 6) is 0. The van der Waals surface area contributed by atoms with Gasteiger partial charge in [0.2, 0.25) is 0 Å². The van der Waals surface area contributed by atoms with Crippen molar-refractivity contribution in [3.63, 3.8) is 0 Å². The van der Waals surface area contributed by atoms with Gasteiger partial charge in [-0.3, -0.25) is 0 Å². The van der Waals surface area contributed by atoms with Crippen molar-refractivity contribution >= 4 is 11.4 Å². The molecule has 0 saturated heterocycles. The number of nitrogens with two attached hydrogens (primary N) is 1. The zero-order valence-corrected chi connectivity index (χ0v) is 10.6. The van der Waals surface area contributed by atoms with Crippen LogP contribution < -0.4 is 11.1 Å². The van der Waals surface area contributed by atoms with Crippen molar-refractivity contribution < 1.29 is 8.78 Å². The van der Waals surface area contributed by atoms with Gasteiger partial charge in [0.15, 0.2) is 0 Å². The lowest BCUT2D eigenvalue weighted by molar-refractivity contribution is 0.152. The monoisotopic (exact) mass is 242 g/mol. The third-order valence-corrected chi connectivity index (χ3v) is 2.50. The molecule has 0 radical (unpaired) electrons. The van der Waals surface area contributed by atoms with Gasteiger partial charge in [-0.1, -0.05) is 20.8 Å².